The van der Waals surface area contributed by atoms with Crippen LogP contribution in [-0.4, -0.2) is 10.9 Å². The Bertz CT molecular complexity index is 909. The predicted molar refractivity (Wildman–Crippen MR) is 96.2 cm³/mol. The van der Waals surface area contributed by atoms with Crippen molar-refractivity contribution in [1.29, 1.82) is 0 Å². The second kappa shape index (κ2) is 5.97. The maximum absolute atomic E-state index is 13.0. The van der Waals surface area contributed by atoms with Crippen molar-refractivity contribution in [3.8, 4) is 0 Å². The van der Waals surface area contributed by atoms with Crippen molar-refractivity contribution < 1.29 is 9.52 Å². The first-order valence-electron chi connectivity index (χ1n) is 8.07. The fourth-order valence-corrected chi connectivity index (χ4v) is 4.30. The van der Waals surface area contributed by atoms with Crippen molar-refractivity contribution in [3.05, 3.63) is 82.3 Å². The van der Waals surface area contributed by atoms with Crippen LogP contribution in [0.15, 0.2) is 60.4 Å². The highest BCUT2D eigenvalue weighted by Gasteiger charge is 2.48. The standard InChI is InChI=1S/C19H17N3O2S/c1-19(14-6-9-22(24)10-7-14)15-5-3-2-4-13(15)12-16(19)17(23)21-18-20-8-11-25-18/h2-11,16H,12H2,1H3,(H,20,21,23). The molecule has 5 nitrogen and oxygen atoms in total. The van der Waals surface area contributed by atoms with E-state index in [1.54, 1.807) is 18.3 Å². The minimum Gasteiger partial charge on any atom is -0.619 e. The zero-order chi connectivity index (χ0) is 17.4. The van der Waals surface area contributed by atoms with Gasteiger partial charge in [-0.05, 0) is 23.1 Å². The molecule has 2 heterocycles. The molecule has 6 heteroatoms. The molecular weight excluding hydrogens is 334 g/mol. The Morgan fingerprint density at radius 1 is 1.32 bits per heavy atom. The van der Waals surface area contributed by atoms with Crippen LogP contribution in [0.2, 0.25) is 0 Å². The molecule has 2 atom stereocenters. The van der Waals surface area contributed by atoms with E-state index in [2.05, 4.69) is 29.4 Å². The highest BCUT2D eigenvalue weighted by atomic mass is 32.1. The maximum atomic E-state index is 13.0. The highest BCUT2D eigenvalue weighted by Crippen LogP contribution is 2.48. The number of nitrogens with one attached hydrogen (secondary N) is 1. The third-order valence-electron chi connectivity index (χ3n) is 5.08. The molecule has 2 unspecified atom stereocenters. The summed E-state index contributed by atoms with van der Waals surface area (Å²) in [4.78, 5) is 17.2. The van der Waals surface area contributed by atoms with E-state index in [9.17, 15) is 10.0 Å². The van der Waals surface area contributed by atoms with E-state index in [0.29, 0.717) is 11.6 Å². The number of nitrogens with zero attached hydrogens (tertiary/aromatic N) is 2. The van der Waals surface area contributed by atoms with Crippen LogP contribution in [0.1, 0.15) is 23.6 Å². The van der Waals surface area contributed by atoms with Crippen molar-refractivity contribution >= 4 is 22.4 Å². The Kier molecular flexibility index (Phi) is 3.77. The molecule has 0 spiro atoms. The summed E-state index contributed by atoms with van der Waals surface area (Å²) in [5.74, 6) is -0.316. The van der Waals surface area contributed by atoms with Gasteiger partial charge >= 0.3 is 0 Å². The first-order chi connectivity index (χ1) is 12.1. The van der Waals surface area contributed by atoms with Gasteiger partial charge in [-0.15, -0.1) is 11.3 Å². The molecule has 4 rings (SSSR count). The monoisotopic (exact) mass is 351 g/mol. The normalized spacial score (nSPS) is 21.7. The summed E-state index contributed by atoms with van der Waals surface area (Å²) < 4.78 is 0.762. The molecule has 0 saturated carbocycles. The van der Waals surface area contributed by atoms with E-state index >= 15 is 0 Å². The number of aromatic nitrogens is 2. The van der Waals surface area contributed by atoms with Gasteiger partial charge in [0.25, 0.3) is 0 Å². The summed E-state index contributed by atoms with van der Waals surface area (Å²) in [7, 11) is 0. The first-order valence-corrected chi connectivity index (χ1v) is 8.95. The lowest BCUT2D eigenvalue weighted by Gasteiger charge is -2.32. The minimum atomic E-state index is -0.494. The van der Waals surface area contributed by atoms with Crippen LogP contribution in [0.3, 0.4) is 0 Å². The summed E-state index contributed by atoms with van der Waals surface area (Å²) >= 11 is 1.40. The molecule has 0 fully saturated rings. The summed E-state index contributed by atoms with van der Waals surface area (Å²) in [5.41, 5.74) is 2.77. The Balaban J connectivity index is 1.78. The molecule has 1 N–H and O–H groups in total. The number of carbonyl (C=O) groups is 1. The van der Waals surface area contributed by atoms with Crippen molar-refractivity contribution in [2.75, 3.05) is 5.32 Å². The van der Waals surface area contributed by atoms with Crippen LogP contribution < -0.4 is 10.0 Å². The van der Waals surface area contributed by atoms with E-state index in [4.69, 9.17) is 0 Å². The molecule has 0 radical (unpaired) electrons. The zero-order valence-corrected chi connectivity index (χ0v) is 14.5. The van der Waals surface area contributed by atoms with Gasteiger partial charge in [0.15, 0.2) is 17.5 Å². The van der Waals surface area contributed by atoms with Crippen molar-refractivity contribution in [1.82, 2.24) is 4.98 Å². The van der Waals surface area contributed by atoms with Crippen LogP contribution in [0, 0.1) is 11.1 Å². The van der Waals surface area contributed by atoms with Crippen LogP contribution in [-0.2, 0) is 16.6 Å². The fraction of sp³-hybridized carbons (Fsp3) is 0.211. The topological polar surface area (TPSA) is 68.9 Å². The molecule has 126 valence electrons. The first kappa shape index (κ1) is 15.8. The zero-order valence-electron chi connectivity index (χ0n) is 13.7. The molecule has 2 aromatic heterocycles. The SMILES string of the molecule is CC1(c2cc[n+]([O-])cc2)c2ccccc2CC1C(=O)Nc1nccs1. The maximum Gasteiger partial charge on any atom is 0.230 e. The molecule has 0 bridgehead atoms. The lowest BCUT2D eigenvalue weighted by atomic mass is 9.71. The average molecular weight is 351 g/mol. The van der Waals surface area contributed by atoms with Crippen LogP contribution in [0.4, 0.5) is 5.13 Å². The highest BCUT2D eigenvalue weighted by molar-refractivity contribution is 7.13. The predicted octanol–water partition coefficient (Wildman–Crippen LogP) is 2.89. The molecule has 1 aliphatic carbocycles. The summed E-state index contributed by atoms with van der Waals surface area (Å²) in [5, 5.41) is 16.8. The molecule has 3 aromatic rings. The fourth-order valence-electron chi connectivity index (χ4n) is 3.76. The van der Waals surface area contributed by atoms with E-state index in [1.807, 2.05) is 17.5 Å². The molecule has 25 heavy (non-hydrogen) atoms. The van der Waals surface area contributed by atoms with Gasteiger partial charge in [0.1, 0.15) is 0 Å². The lowest BCUT2D eigenvalue weighted by Crippen LogP contribution is -2.39. The Labute approximate surface area is 149 Å². The van der Waals surface area contributed by atoms with Gasteiger partial charge in [0.05, 0.1) is 5.92 Å². The van der Waals surface area contributed by atoms with E-state index in [0.717, 1.165) is 15.9 Å². The van der Waals surface area contributed by atoms with Gasteiger partial charge in [-0.1, -0.05) is 31.2 Å². The van der Waals surface area contributed by atoms with Crippen LogP contribution in [0.5, 0.6) is 0 Å². The number of fused-ring (bicyclic) bond motifs is 1. The van der Waals surface area contributed by atoms with Gasteiger partial charge in [0, 0.05) is 29.1 Å². The Morgan fingerprint density at radius 2 is 2.08 bits per heavy atom. The van der Waals surface area contributed by atoms with Gasteiger partial charge in [-0.25, -0.2) is 4.98 Å². The smallest absolute Gasteiger partial charge is 0.230 e. The second-order valence-electron chi connectivity index (χ2n) is 6.39. The Hall–Kier alpha value is -2.73. The minimum absolute atomic E-state index is 0.0486. The van der Waals surface area contributed by atoms with Gasteiger partial charge < -0.3 is 10.5 Å². The number of pyridine rings is 1. The van der Waals surface area contributed by atoms with Crippen molar-refractivity contribution in [2.45, 2.75) is 18.8 Å². The molecular formula is C19H17N3O2S. The molecule has 0 saturated heterocycles. The summed E-state index contributed by atoms with van der Waals surface area (Å²) in [6, 6.07) is 11.7. The quantitative estimate of drug-likeness (QED) is 0.583. The molecule has 1 aromatic carbocycles. The van der Waals surface area contributed by atoms with Crippen molar-refractivity contribution in [2.24, 2.45) is 5.92 Å². The summed E-state index contributed by atoms with van der Waals surface area (Å²) in [6.07, 6.45) is 5.30. The largest absolute Gasteiger partial charge is 0.619 e. The van der Waals surface area contributed by atoms with E-state index in [-0.39, 0.29) is 11.8 Å². The lowest BCUT2D eigenvalue weighted by molar-refractivity contribution is -0.605. The number of hydrogen-bond acceptors (Lipinski definition) is 4. The van der Waals surface area contributed by atoms with Crippen LogP contribution in [0.25, 0.3) is 0 Å². The van der Waals surface area contributed by atoms with Crippen molar-refractivity contribution in [3.63, 3.8) is 0 Å². The third-order valence-corrected chi connectivity index (χ3v) is 5.77. The number of thiazole rings is 1. The number of carbonyl (C=O) groups excluding carboxylic acids is 1. The van der Waals surface area contributed by atoms with Gasteiger partial charge in [-0.3, -0.25) is 4.79 Å². The van der Waals surface area contributed by atoms with Gasteiger partial charge in [0.2, 0.25) is 5.91 Å². The third kappa shape index (κ3) is 2.59. The van der Waals surface area contributed by atoms with Crippen LogP contribution >= 0.6 is 11.3 Å². The number of anilines is 1. The summed E-state index contributed by atoms with van der Waals surface area (Å²) in [6.45, 7) is 2.08. The van der Waals surface area contributed by atoms with Gasteiger partial charge in [-0.2, -0.15) is 4.73 Å². The molecule has 1 amide bonds. The van der Waals surface area contributed by atoms with E-state index in [1.165, 1.54) is 29.3 Å². The number of amides is 1. The number of hydrogen-bond donors (Lipinski definition) is 1. The molecule has 1 aliphatic rings. The molecule has 0 aliphatic heterocycles. The average Bonchev–Trinajstić information content (AvgIpc) is 3.23. The second-order valence-corrected chi connectivity index (χ2v) is 7.28. The number of benzene rings is 1. The Morgan fingerprint density at radius 3 is 2.80 bits per heavy atom. The van der Waals surface area contributed by atoms with E-state index < -0.39 is 5.41 Å². The number of rotatable bonds is 3.